The minimum atomic E-state index is -4.28. The van der Waals surface area contributed by atoms with Gasteiger partial charge in [-0.05, 0) is 18.6 Å². The zero-order chi connectivity index (χ0) is 20.1. The van der Waals surface area contributed by atoms with E-state index in [-0.39, 0.29) is 41.7 Å². The molecule has 0 spiro atoms. The second-order valence-corrected chi connectivity index (χ2v) is 8.35. The third-order valence-electron chi connectivity index (χ3n) is 3.80. The third kappa shape index (κ3) is 6.56. The number of fused-ring (bicyclic) bond motifs is 1. The Balaban J connectivity index is 0.00000300. The molecule has 1 aromatic heterocycles. The average molecular weight is 442 g/mol. The molecule has 0 saturated heterocycles. The predicted molar refractivity (Wildman–Crippen MR) is 105 cm³/mol. The fourth-order valence-electron chi connectivity index (χ4n) is 2.58. The van der Waals surface area contributed by atoms with Gasteiger partial charge in [-0.25, -0.2) is 8.42 Å². The summed E-state index contributed by atoms with van der Waals surface area (Å²) in [5.41, 5.74) is 1.35. The topological polar surface area (TPSA) is 130 Å². The molecular formula is C17H15N4NaO5S2. The Morgan fingerprint density at radius 1 is 1.17 bits per heavy atom. The smallest absolute Gasteiger partial charge is 0.748 e. The van der Waals surface area contributed by atoms with Crippen molar-refractivity contribution >= 4 is 43.6 Å². The van der Waals surface area contributed by atoms with Crippen LogP contribution in [0.2, 0.25) is 0 Å². The molecular weight excluding hydrogens is 427 g/mol. The van der Waals surface area contributed by atoms with E-state index in [9.17, 15) is 23.1 Å². The number of rotatable bonds is 7. The van der Waals surface area contributed by atoms with Crippen LogP contribution in [-0.4, -0.2) is 34.4 Å². The zero-order valence-electron chi connectivity index (χ0n) is 15.5. The fourth-order valence-corrected chi connectivity index (χ4v) is 4.07. The molecule has 0 radical (unpaired) electrons. The molecule has 2 aromatic carbocycles. The number of hydrogen-bond acceptors (Lipinski definition) is 8. The Labute approximate surface area is 192 Å². The van der Waals surface area contributed by atoms with E-state index in [1.165, 1.54) is 29.7 Å². The largest absolute Gasteiger partial charge is 1.00 e. The molecule has 0 aliphatic carbocycles. The van der Waals surface area contributed by atoms with Crippen molar-refractivity contribution in [1.29, 1.82) is 0 Å². The second-order valence-electron chi connectivity index (χ2n) is 5.82. The summed E-state index contributed by atoms with van der Waals surface area (Å²) in [6.07, 6.45) is 1.57. The van der Waals surface area contributed by atoms with E-state index < -0.39 is 20.8 Å². The molecule has 29 heavy (non-hydrogen) atoms. The molecule has 9 nitrogen and oxygen atoms in total. The van der Waals surface area contributed by atoms with Crippen LogP contribution < -0.4 is 34.4 Å². The molecule has 3 rings (SSSR count). The summed E-state index contributed by atoms with van der Waals surface area (Å²) in [5.74, 6) is -0.458. The SMILES string of the molecule is O=[N+]([O-])c1cccc(/C=N\N=c2/sc3ccccc3n2CCCS(=O)(=O)[O-])c1.[Na+]. The summed E-state index contributed by atoms with van der Waals surface area (Å²) >= 11 is 1.37. The van der Waals surface area contributed by atoms with Gasteiger partial charge in [-0.3, -0.25) is 10.1 Å². The van der Waals surface area contributed by atoms with Crippen molar-refractivity contribution in [2.45, 2.75) is 13.0 Å². The van der Waals surface area contributed by atoms with Crippen LogP contribution in [0.4, 0.5) is 5.69 Å². The molecule has 0 aliphatic heterocycles. The normalized spacial score (nSPS) is 12.4. The first-order valence-corrected chi connectivity index (χ1v) is 10.6. The van der Waals surface area contributed by atoms with Crippen molar-refractivity contribution in [2.24, 2.45) is 10.2 Å². The maximum atomic E-state index is 10.9. The van der Waals surface area contributed by atoms with Crippen LogP contribution in [0.1, 0.15) is 12.0 Å². The van der Waals surface area contributed by atoms with Gasteiger partial charge >= 0.3 is 29.6 Å². The van der Waals surface area contributed by atoms with Crippen LogP contribution in [0.25, 0.3) is 10.2 Å². The van der Waals surface area contributed by atoms with Crippen LogP contribution in [0.5, 0.6) is 0 Å². The number of nitro groups is 1. The first-order chi connectivity index (χ1) is 13.3. The molecule has 0 bridgehead atoms. The molecule has 0 aliphatic rings. The van der Waals surface area contributed by atoms with Crippen LogP contribution in [-0.2, 0) is 16.7 Å². The van der Waals surface area contributed by atoms with Crippen molar-refractivity contribution in [3.63, 3.8) is 0 Å². The van der Waals surface area contributed by atoms with E-state index in [1.807, 2.05) is 24.3 Å². The van der Waals surface area contributed by atoms with E-state index in [0.29, 0.717) is 16.9 Å². The maximum Gasteiger partial charge on any atom is 1.00 e. The fraction of sp³-hybridized carbons (Fsp3) is 0.176. The third-order valence-corrected chi connectivity index (χ3v) is 5.63. The Morgan fingerprint density at radius 2 is 1.93 bits per heavy atom. The summed E-state index contributed by atoms with van der Waals surface area (Å²) in [4.78, 5) is 10.9. The number of aromatic nitrogens is 1. The first kappa shape index (κ1) is 23.4. The van der Waals surface area contributed by atoms with Gasteiger partial charge in [0.1, 0.15) is 0 Å². The van der Waals surface area contributed by atoms with Crippen molar-refractivity contribution in [2.75, 3.05) is 5.75 Å². The molecule has 0 amide bonds. The molecule has 0 atom stereocenters. The Morgan fingerprint density at radius 3 is 2.66 bits per heavy atom. The van der Waals surface area contributed by atoms with E-state index in [0.717, 1.165) is 10.2 Å². The number of thiazole rings is 1. The van der Waals surface area contributed by atoms with Crippen molar-refractivity contribution < 1.29 is 47.5 Å². The summed E-state index contributed by atoms with van der Waals surface area (Å²) in [7, 11) is -4.28. The first-order valence-electron chi connectivity index (χ1n) is 8.17. The van der Waals surface area contributed by atoms with Gasteiger partial charge < -0.3 is 9.12 Å². The monoisotopic (exact) mass is 442 g/mol. The standard InChI is InChI=1S/C17H16N4O5S2.Na/c22-21(23)14-6-3-5-13(11-14)12-18-19-17-20(9-4-10-28(24,25)26)15-7-1-2-8-16(15)27-17;/h1-3,5-8,11-12H,4,9-10H2,(H,24,25,26);/q;+1/p-1/b18-12-,19-17-;. The summed E-state index contributed by atoms with van der Waals surface area (Å²) in [6.45, 7) is 0.302. The molecule has 0 fully saturated rings. The minimum absolute atomic E-state index is 0. The maximum absolute atomic E-state index is 10.9. The second kappa shape index (κ2) is 10.2. The number of benzene rings is 2. The quantitative estimate of drug-likeness (QED) is 0.160. The molecule has 0 N–H and O–H groups in total. The van der Waals surface area contributed by atoms with Gasteiger partial charge in [0, 0.05) is 30.0 Å². The van der Waals surface area contributed by atoms with E-state index >= 15 is 0 Å². The number of para-hydroxylation sites is 1. The number of nitro benzene ring substituents is 1. The molecule has 0 saturated carbocycles. The van der Waals surface area contributed by atoms with Crippen LogP contribution in [0.3, 0.4) is 0 Å². The summed E-state index contributed by atoms with van der Waals surface area (Å²) in [5, 5.41) is 19.0. The molecule has 0 unspecified atom stereocenters. The number of non-ortho nitro benzene ring substituents is 1. The molecule has 3 aromatic rings. The Bertz CT molecular complexity index is 1220. The van der Waals surface area contributed by atoms with Gasteiger partial charge in [-0.1, -0.05) is 35.6 Å². The summed E-state index contributed by atoms with van der Waals surface area (Å²) in [6, 6.07) is 13.5. The van der Waals surface area contributed by atoms with Crippen LogP contribution in [0, 0.1) is 10.1 Å². The zero-order valence-corrected chi connectivity index (χ0v) is 19.1. The summed E-state index contributed by atoms with van der Waals surface area (Å²) < 4.78 is 35.3. The van der Waals surface area contributed by atoms with Crippen molar-refractivity contribution in [1.82, 2.24) is 4.57 Å². The minimum Gasteiger partial charge on any atom is -0.748 e. The molecule has 146 valence electrons. The van der Waals surface area contributed by atoms with Crippen molar-refractivity contribution in [3.05, 3.63) is 69.0 Å². The van der Waals surface area contributed by atoms with E-state index in [4.69, 9.17) is 0 Å². The van der Waals surface area contributed by atoms with Gasteiger partial charge in [-0.15, -0.1) is 5.10 Å². The number of hydrogen-bond donors (Lipinski definition) is 0. The van der Waals surface area contributed by atoms with Gasteiger partial charge in [0.15, 0.2) is 0 Å². The predicted octanol–water partition coefficient (Wildman–Crippen LogP) is -0.515. The molecule has 12 heteroatoms. The van der Waals surface area contributed by atoms with E-state index in [1.54, 1.807) is 16.7 Å². The Kier molecular flexibility index (Phi) is 8.25. The van der Waals surface area contributed by atoms with Gasteiger partial charge in [-0.2, -0.15) is 5.10 Å². The van der Waals surface area contributed by atoms with E-state index in [2.05, 4.69) is 10.2 Å². The van der Waals surface area contributed by atoms with Crippen LogP contribution >= 0.6 is 11.3 Å². The van der Waals surface area contributed by atoms with Gasteiger partial charge in [0.2, 0.25) is 4.80 Å². The van der Waals surface area contributed by atoms with Gasteiger partial charge in [0.25, 0.3) is 5.69 Å². The van der Waals surface area contributed by atoms with Crippen molar-refractivity contribution in [3.8, 4) is 0 Å². The number of nitrogens with zero attached hydrogens (tertiary/aromatic N) is 4. The number of aryl methyl sites for hydroxylation is 1. The molecule has 1 heterocycles. The average Bonchev–Trinajstić information content (AvgIpc) is 2.99. The Hall–Kier alpha value is -1.89. The van der Waals surface area contributed by atoms with Gasteiger partial charge in [0.05, 0.1) is 31.5 Å². The van der Waals surface area contributed by atoms with Crippen LogP contribution in [0.15, 0.2) is 58.7 Å².